The number of rotatable bonds is 7. The number of ether oxygens (including phenoxy) is 2. The van der Waals surface area contributed by atoms with Crippen molar-refractivity contribution >= 4 is 41.5 Å². The summed E-state index contributed by atoms with van der Waals surface area (Å²) in [4.78, 5) is 8.80. The Hall–Kier alpha value is -0.770. The first-order valence-electron chi connectivity index (χ1n) is 9.02. The Bertz CT molecular complexity index is 578. The van der Waals surface area contributed by atoms with Gasteiger partial charge in [-0.15, -0.1) is 24.0 Å². The van der Waals surface area contributed by atoms with Crippen LogP contribution >= 0.6 is 35.6 Å². The molecule has 1 fully saturated rings. The quantitative estimate of drug-likeness (QED) is 0.347. The van der Waals surface area contributed by atoms with Crippen LogP contribution in [0.5, 0.6) is 5.75 Å². The van der Waals surface area contributed by atoms with Crippen molar-refractivity contribution in [2.75, 3.05) is 61.1 Å². The standard InChI is InChI=1S/C19H31ClN4O2.HI/c1-21-18(22-15-19(23(2)3)9-12-25-13-10-19)24(4)11-14-26-17-7-5-16(20)6-8-17;/h5-8H,9-15H2,1-4H3,(H,21,22);1H. The number of halogens is 2. The maximum atomic E-state index is 5.89. The van der Waals surface area contributed by atoms with Gasteiger partial charge in [-0.3, -0.25) is 4.99 Å². The number of guanidine groups is 1. The van der Waals surface area contributed by atoms with Gasteiger partial charge in [0.1, 0.15) is 12.4 Å². The van der Waals surface area contributed by atoms with Crippen molar-refractivity contribution in [1.82, 2.24) is 15.1 Å². The highest BCUT2D eigenvalue weighted by Gasteiger charge is 2.35. The minimum absolute atomic E-state index is 0. The summed E-state index contributed by atoms with van der Waals surface area (Å²) in [6.45, 7) is 3.77. The maximum absolute atomic E-state index is 5.89. The largest absolute Gasteiger partial charge is 0.492 e. The van der Waals surface area contributed by atoms with E-state index >= 15 is 0 Å². The minimum atomic E-state index is 0. The SMILES string of the molecule is CN=C(NCC1(N(C)C)CCOCC1)N(C)CCOc1ccc(Cl)cc1.I. The summed E-state index contributed by atoms with van der Waals surface area (Å²) in [5, 5.41) is 4.23. The average Bonchev–Trinajstić information content (AvgIpc) is 2.64. The molecule has 6 nitrogen and oxygen atoms in total. The Morgan fingerprint density at radius 1 is 1.22 bits per heavy atom. The first kappa shape index (κ1) is 24.3. The normalized spacial score (nSPS) is 16.6. The summed E-state index contributed by atoms with van der Waals surface area (Å²) < 4.78 is 11.3. The Kier molecular flexibility index (Phi) is 10.7. The van der Waals surface area contributed by atoms with Crippen molar-refractivity contribution in [3.05, 3.63) is 29.3 Å². The zero-order chi connectivity index (χ0) is 19.0. The lowest BCUT2D eigenvalue weighted by molar-refractivity contribution is -0.00522. The van der Waals surface area contributed by atoms with Crippen molar-refractivity contribution in [2.45, 2.75) is 18.4 Å². The molecule has 1 aliphatic heterocycles. The number of likely N-dealkylation sites (N-methyl/N-ethyl adjacent to an activating group) is 2. The smallest absolute Gasteiger partial charge is 0.193 e. The van der Waals surface area contributed by atoms with Crippen molar-refractivity contribution in [1.29, 1.82) is 0 Å². The molecule has 1 saturated heterocycles. The zero-order valence-electron chi connectivity index (χ0n) is 16.7. The lowest BCUT2D eigenvalue weighted by Crippen LogP contribution is -2.57. The molecule has 0 saturated carbocycles. The van der Waals surface area contributed by atoms with Crippen LogP contribution in [0.3, 0.4) is 0 Å². The summed E-state index contributed by atoms with van der Waals surface area (Å²) >= 11 is 5.89. The second kappa shape index (κ2) is 11.9. The first-order valence-corrected chi connectivity index (χ1v) is 9.40. The van der Waals surface area contributed by atoms with Gasteiger partial charge in [0.05, 0.1) is 6.54 Å². The zero-order valence-corrected chi connectivity index (χ0v) is 19.8. The molecule has 8 heteroatoms. The molecular formula is C19H32ClIN4O2. The van der Waals surface area contributed by atoms with E-state index in [1.807, 2.05) is 38.4 Å². The van der Waals surface area contributed by atoms with Gasteiger partial charge in [0, 0.05) is 44.4 Å². The van der Waals surface area contributed by atoms with Crippen molar-refractivity contribution < 1.29 is 9.47 Å². The number of nitrogens with one attached hydrogen (secondary N) is 1. The van der Waals surface area contributed by atoms with Gasteiger partial charge >= 0.3 is 0 Å². The minimum Gasteiger partial charge on any atom is -0.492 e. The van der Waals surface area contributed by atoms with Gasteiger partial charge < -0.3 is 24.6 Å². The van der Waals surface area contributed by atoms with Crippen LogP contribution in [-0.2, 0) is 4.74 Å². The van der Waals surface area contributed by atoms with E-state index < -0.39 is 0 Å². The molecule has 0 bridgehead atoms. The summed E-state index contributed by atoms with van der Waals surface area (Å²) in [6.07, 6.45) is 2.04. The van der Waals surface area contributed by atoms with Gasteiger partial charge in [0.2, 0.25) is 0 Å². The molecule has 0 unspecified atom stereocenters. The van der Waals surface area contributed by atoms with Crippen LogP contribution in [0, 0.1) is 0 Å². The summed E-state index contributed by atoms with van der Waals surface area (Å²) in [5.74, 6) is 1.69. The third kappa shape index (κ3) is 7.29. The van der Waals surface area contributed by atoms with Crippen LogP contribution in [0.25, 0.3) is 0 Å². The first-order chi connectivity index (χ1) is 12.5. The van der Waals surface area contributed by atoms with E-state index in [0.29, 0.717) is 11.6 Å². The third-order valence-electron chi connectivity index (χ3n) is 5.03. The van der Waals surface area contributed by atoms with Crippen LogP contribution in [0.15, 0.2) is 29.3 Å². The average molecular weight is 511 g/mol. The molecule has 1 heterocycles. The predicted molar refractivity (Wildman–Crippen MR) is 123 cm³/mol. The molecule has 0 amide bonds. The summed E-state index contributed by atoms with van der Waals surface area (Å²) in [6, 6.07) is 7.41. The third-order valence-corrected chi connectivity index (χ3v) is 5.28. The van der Waals surface area contributed by atoms with Gasteiger partial charge in [-0.05, 0) is 51.2 Å². The molecule has 0 spiro atoms. The van der Waals surface area contributed by atoms with Gasteiger partial charge in [0.15, 0.2) is 5.96 Å². The molecule has 1 aromatic carbocycles. The van der Waals surface area contributed by atoms with Crippen LogP contribution < -0.4 is 10.1 Å². The van der Waals surface area contributed by atoms with E-state index in [2.05, 4.69) is 34.2 Å². The van der Waals surface area contributed by atoms with Crippen molar-refractivity contribution in [2.24, 2.45) is 4.99 Å². The lowest BCUT2D eigenvalue weighted by Gasteiger charge is -2.43. The van der Waals surface area contributed by atoms with Gasteiger partial charge in [-0.1, -0.05) is 11.6 Å². The van der Waals surface area contributed by atoms with E-state index in [9.17, 15) is 0 Å². The highest BCUT2D eigenvalue weighted by atomic mass is 127. The number of aliphatic imine (C=N–C) groups is 1. The van der Waals surface area contributed by atoms with E-state index in [4.69, 9.17) is 21.1 Å². The lowest BCUT2D eigenvalue weighted by atomic mass is 9.88. The Balaban J connectivity index is 0.00000364. The molecule has 1 aromatic rings. The summed E-state index contributed by atoms with van der Waals surface area (Å²) in [7, 11) is 8.11. The predicted octanol–water partition coefficient (Wildman–Crippen LogP) is 2.95. The van der Waals surface area contributed by atoms with E-state index in [1.165, 1.54) is 0 Å². The van der Waals surface area contributed by atoms with Gasteiger partial charge in [-0.2, -0.15) is 0 Å². The van der Waals surface area contributed by atoms with E-state index in [-0.39, 0.29) is 29.5 Å². The molecule has 1 N–H and O–H groups in total. The molecule has 154 valence electrons. The van der Waals surface area contributed by atoms with Gasteiger partial charge in [0.25, 0.3) is 0 Å². The Morgan fingerprint density at radius 2 is 1.85 bits per heavy atom. The second-order valence-electron chi connectivity index (χ2n) is 6.86. The Morgan fingerprint density at radius 3 is 2.41 bits per heavy atom. The Labute approximate surface area is 185 Å². The molecule has 0 atom stereocenters. The molecule has 0 radical (unpaired) electrons. The number of hydrogen-bond donors (Lipinski definition) is 1. The molecule has 27 heavy (non-hydrogen) atoms. The number of benzene rings is 1. The van der Waals surface area contributed by atoms with Crippen LogP contribution in [-0.4, -0.2) is 82.4 Å². The fraction of sp³-hybridized carbons (Fsp3) is 0.632. The topological polar surface area (TPSA) is 49.3 Å². The van der Waals surface area contributed by atoms with Gasteiger partial charge in [-0.25, -0.2) is 0 Å². The molecule has 0 aromatic heterocycles. The van der Waals surface area contributed by atoms with E-state index in [0.717, 1.165) is 50.9 Å². The van der Waals surface area contributed by atoms with Crippen molar-refractivity contribution in [3.63, 3.8) is 0 Å². The maximum Gasteiger partial charge on any atom is 0.193 e. The molecule has 2 rings (SSSR count). The molecule has 0 aliphatic carbocycles. The van der Waals surface area contributed by atoms with Crippen LogP contribution in [0.4, 0.5) is 0 Å². The van der Waals surface area contributed by atoms with Crippen LogP contribution in [0.2, 0.25) is 5.02 Å². The monoisotopic (exact) mass is 510 g/mol. The molecule has 1 aliphatic rings. The number of hydrogen-bond acceptors (Lipinski definition) is 4. The fourth-order valence-corrected chi connectivity index (χ4v) is 3.22. The second-order valence-corrected chi connectivity index (χ2v) is 7.29. The molecular weight excluding hydrogens is 479 g/mol. The van der Waals surface area contributed by atoms with Crippen molar-refractivity contribution in [3.8, 4) is 5.75 Å². The summed E-state index contributed by atoms with van der Waals surface area (Å²) in [5.41, 5.74) is 0.106. The highest BCUT2D eigenvalue weighted by Crippen LogP contribution is 2.25. The van der Waals surface area contributed by atoms with Crippen LogP contribution in [0.1, 0.15) is 12.8 Å². The highest BCUT2D eigenvalue weighted by molar-refractivity contribution is 14.0. The number of nitrogens with zero attached hydrogens (tertiary/aromatic N) is 3. The van der Waals surface area contributed by atoms with E-state index in [1.54, 1.807) is 0 Å². The fourth-order valence-electron chi connectivity index (χ4n) is 3.10.